The first-order chi connectivity index (χ1) is 8.44. The van der Waals surface area contributed by atoms with Crippen molar-refractivity contribution in [2.45, 2.75) is 32.0 Å². The Morgan fingerprint density at radius 1 is 1.44 bits per heavy atom. The molecule has 1 aromatic heterocycles. The molecule has 1 unspecified atom stereocenters. The Morgan fingerprint density at radius 2 is 2.17 bits per heavy atom. The minimum Gasteiger partial charge on any atom is -0.468 e. The molecule has 3 nitrogen and oxygen atoms in total. The lowest BCUT2D eigenvalue weighted by Gasteiger charge is -2.14. The standard InChI is InChI=1S/C12H15F3N2O/c1-8(9-2-3-9)17-10-4-5-11(16-6-10)18-7-12(13,14)15/h4-6,8-9,17H,2-3,7H2,1H3. The smallest absolute Gasteiger partial charge is 0.422 e. The Morgan fingerprint density at radius 3 is 2.67 bits per heavy atom. The molecule has 0 bridgehead atoms. The third kappa shape index (κ3) is 4.09. The molecule has 0 aromatic carbocycles. The molecule has 1 atom stereocenters. The van der Waals surface area contributed by atoms with Crippen LogP contribution in [0.3, 0.4) is 0 Å². The van der Waals surface area contributed by atoms with E-state index in [0.717, 1.165) is 5.69 Å². The number of nitrogens with zero attached hydrogens (tertiary/aromatic N) is 1. The van der Waals surface area contributed by atoms with E-state index in [2.05, 4.69) is 22.0 Å². The molecule has 2 rings (SSSR count). The third-order valence-electron chi connectivity index (χ3n) is 2.84. The summed E-state index contributed by atoms with van der Waals surface area (Å²) in [5, 5.41) is 3.26. The molecule has 1 aliphatic rings. The first-order valence-electron chi connectivity index (χ1n) is 5.86. The van der Waals surface area contributed by atoms with Crippen molar-refractivity contribution >= 4 is 5.69 Å². The summed E-state index contributed by atoms with van der Waals surface area (Å²) in [5.41, 5.74) is 0.800. The van der Waals surface area contributed by atoms with Crippen molar-refractivity contribution in [2.24, 2.45) is 5.92 Å². The van der Waals surface area contributed by atoms with E-state index in [1.165, 1.54) is 25.1 Å². The van der Waals surface area contributed by atoms with E-state index in [1.54, 1.807) is 6.07 Å². The van der Waals surface area contributed by atoms with Gasteiger partial charge >= 0.3 is 6.18 Å². The van der Waals surface area contributed by atoms with Crippen molar-refractivity contribution in [3.8, 4) is 5.88 Å². The average Bonchev–Trinajstić information content (AvgIpc) is 3.11. The summed E-state index contributed by atoms with van der Waals surface area (Å²) in [7, 11) is 0. The van der Waals surface area contributed by atoms with Gasteiger partial charge in [0.25, 0.3) is 0 Å². The molecule has 1 aliphatic carbocycles. The van der Waals surface area contributed by atoms with Crippen LogP contribution in [0.25, 0.3) is 0 Å². The third-order valence-corrected chi connectivity index (χ3v) is 2.84. The highest BCUT2D eigenvalue weighted by atomic mass is 19.4. The van der Waals surface area contributed by atoms with Crippen LogP contribution < -0.4 is 10.1 Å². The van der Waals surface area contributed by atoms with Gasteiger partial charge in [-0.15, -0.1) is 0 Å². The summed E-state index contributed by atoms with van der Waals surface area (Å²) in [6, 6.07) is 3.49. The van der Waals surface area contributed by atoms with Gasteiger partial charge in [0.05, 0.1) is 11.9 Å². The summed E-state index contributed by atoms with van der Waals surface area (Å²) in [5.74, 6) is 0.683. The second kappa shape index (κ2) is 5.04. The molecule has 0 aliphatic heterocycles. The highest BCUT2D eigenvalue weighted by Crippen LogP contribution is 2.33. The van der Waals surface area contributed by atoms with Crippen LogP contribution in [0.4, 0.5) is 18.9 Å². The van der Waals surface area contributed by atoms with Crippen LogP contribution in [0.15, 0.2) is 18.3 Å². The maximum atomic E-state index is 11.9. The number of hydrogen-bond donors (Lipinski definition) is 1. The zero-order valence-corrected chi connectivity index (χ0v) is 10.00. The molecular formula is C12H15F3N2O. The lowest BCUT2D eigenvalue weighted by atomic mass is 10.2. The van der Waals surface area contributed by atoms with Crippen LogP contribution in [0.1, 0.15) is 19.8 Å². The predicted octanol–water partition coefficient (Wildman–Crippen LogP) is 3.23. The Kier molecular flexibility index (Phi) is 3.63. The van der Waals surface area contributed by atoms with E-state index in [4.69, 9.17) is 0 Å². The first-order valence-corrected chi connectivity index (χ1v) is 5.86. The quantitative estimate of drug-likeness (QED) is 0.882. The monoisotopic (exact) mass is 260 g/mol. The fourth-order valence-electron chi connectivity index (χ4n) is 1.68. The largest absolute Gasteiger partial charge is 0.468 e. The van der Waals surface area contributed by atoms with Gasteiger partial charge in [-0.25, -0.2) is 4.98 Å². The summed E-state index contributed by atoms with van der Waals surface area (Å²) < 4.78 is 40.3. The molecule has 100 valence electrons. The SMILES string of the molecule is CC(Nc1ccc(OCC(F)(F)F)nc1)C1CC1. The maximum absolute atomic E-state index is 11.9. The van der Waals surface area contributed by atoms with Gasteiger partial charge in [-0.1, -0.05) is 0 Å². The molecule has 0 radical (unpaired) electrons. The number of nitrogens with one attached hydrogen (secondary N) is 1. The van der Waals surface area contributed by atoms with Gasteiger partial charge in [0.15, 0.2) is 6.61 Å². The van der Waals surface area contributed by atoms with Crippen molar-refractivity contribution in [1.29, 1.82) is 0 Å². The predicted molar refractivity (Wildman–Crippen MR) is 61.6 cm³/mol. The van der Waals surface area contributed by atoms with Crippen LogP contribution in [0, 0.1) is 5.92 Å². The van der Waals surface area contributed by atoms with Gasteiger partial charge in [-0.05, 0) is 31.7 Å². The van der Waals surface area contributed by atoms with Gasteiger partial charge in [-0.2, -0.15) is 13.2 Å². The minimum absolute atomic E-state index is 0.0167. The number of ether oxygens (including phenoxy) is 1. The van der Waals surface area contributed by atoms with E-state index < -0.39 is 12.8 Å². The number of halogens is 3. The minimum atomic E-state index is -4.33. The van der Waals surface area contributed by atoms with E-state index in [9.17, 15) is 13.2 Å². The molecular weight excluding hydrogens is 245 g/mol. The van der Waals surface area contributed by atoms with Gasteiger partial charge in [0.2, 0.25) is 5.88 Å². The lowest BCUT2D eigenvalue weighted by Crippen LogP contribution is -2.20. The number of rotatable bonds is 5. The Bertz CT molecular complexity index is 387. The summed E-state index contributed by atoms with van der Waals surface area (Å²) in [6.07, 6.45) is -0.383. The van der Waals surface area contributed by atoms with Crippen LogP contribution in [0.5, 0.6) is 5.88 Å². The van der Waals surface area contributed by atoms with Gasteiger partial charge < -0.3 is 10.1 Å². The Balaban J connectivity index is 1.84. The van der Waals surface area contributed by atoms with E-state index in [-0.39, 0.29) is 5.88 Å². The molecule has 0 spiro atoms. The molecule has 1 N–H and O–H groups in total. The summed E-state index contributed by atoms with van der Waals surface area (Å²) in [4.78, 5) is 3.83. The topological polar surface area (TPSA) is 34.1 Å². The molecule has 1 fully saturated rings. The van der Waals surface area contributed by atoms with Crippen LogP contribution in [-0.4, -0.2) is 23.8 Å². The van der Waals surface area contributed by atoms with Crippen molar-refractivity contribution in [3.63, 3.8) is 0 Å². The van der Waals surface area contributed by atoms with E-state index in [0.29, 0.717) is 12.0 Å². The van der Waals surface area contributed by atoms with Crippen LogP contribution >= 0.6 is 0 Å². The van der Waals surface area contributed by atoms with Crippen molar-refractivity contribution in [1.82, 2.24) is 4.98 Å². The molecule has 6 heteroatoms. The van der Waals surface area contributed by atoms with E-state index in [1.807, 2.05) is 0 Å². The first kappa shape index (κ1) is 13.0. The zero-order chi connectivity index (χ0) is 13.2. The Hall–Kier alpha value is -1.46. The number of aromatic nitrogens is 1. The lowest BCUT2D eigenvalue weighted by molar-refractivity contribution is -0.154. The zero-order valence-electron chi connectivity index (χ0n) is 10.00. The van der Waals surface area contributed by atoms with Crippen molar-refractivity contribution in [2.75, 3.05) is 11.9 Å². The average molecular weight is 260 g/mol. The molecule has 1 heterocycles. The number of pyridine rings is 1. The fourth-order valence-corrected chi connectivity index (χ4v) is 1.68. The van der Waals surface area contributed by atoms with Crippen molar-refractivity contribution < 1.29 is 17.9 Å². The second-order valence-corrected chi connectivity index (χ2v) is 4.56. The van der Waals surface area contributed by atoms with Gasteiger partial charge in [-0.3, -0.25) is 0 Å². The van der Waals surface area contributed by atoms with Crippen molar-refractivity contribution in [3.05, 3.63) is 18.3 Å². The highest BCUT2D eigenvalue weighted by molar-refractivity contribution is 5.43. The fraction of sp³-hybridized carbons (Fsp3) is 0.583. The van der Waals surface area contributed by atoms with Gasteiger partial charge in [0, 0.05) is 12.1 Å². The highest BCUT2D eigenvalue weighted by Gasteiger charge is 2.29. The number of alkyl halides is 3. The summed E-state index contributed by atoms with van der Waals surface area (Å²) >= 11 is 0. The molecule has 0 saturated heterocycles. The van der Waals surface area contributed by atoms with Crippen LogP contribution in [0.2, 0.25) is 0 Å². The molecule has 18 heavy (non-hydrogen) atoms. The second-order valence-electron chi connectivity index (χ2n) is 4.56. The normalized spacial score (nSPS) is 17.3. The molecule has 0 amide bonds. The van der Waals surface area contributed by atoms with E-state index >= 15 is 0 Å². The number of anilines is 1. The number of hydrogen-bond acceptors (Lipinski definition) is 3. The molecule has 1 saturated carbocycles. The molecule has 1 aromatic rings. The maximum Gasteiger partial charge on any atom is 0.422 e. The summed E-state index contributed by atoms with van der Waals surface area (Å²) in [6.45, 7) is 0.775. The Labute approximate surface area is 103 Å². The van der Waals surface area contributed by atoms with Gasteiger partial charge in [0.1, 0.15) is 0 Å². The van der Waals surface area contributed by atoms with Crippen LogP contribution in [-0.2, 0) is 0 Å².